The van der Waals surface area contributed by atoms with Crippen LogP contribution < -0.4 is 20.3 Å². The van der Waals surface area contributed by atoms with Gasteiger partial charge < -0.3 is 19.9 Å². The fourth-order valence-electron chi connectivity index (χ4n) is 4.39. The highest BCUT2D eigenvalue weighted by Crippen LogP contribution is 2.43. The molecule has 2 saturated heterocycles. The van der Waals surface area contributed by atoms with Crippen molar-refractivity contribution in [2.75, 3.05) is 31.1 Å². The third kappa shape index (κ3) is 2.74. The van der Waals surface area contributed by atoms with Crippen LogP contribution in [0, 0.1) is 0 Å². The van der Waals surface area contributed by atoms with Gasteiger partial charge in [-0.15, -0.1) is 12.4 Å². The lowest BCUT2D eigenvalue weighted by Gasteiger charge is -2.42. The van der Waals surface area contributed by atoms with E-state index >= 15 is 0 Å². The highest BCUT2D eigenvalue weighted by molar-refractivity contribution is 6.06. The lowest BCUT2D eigenvalue weighted by Crippen LogP contribution is -2.55. The van der Waals surface area contributed by atoms with E-state index in [0.29, 0.717) is 31.2 Å². The topological polar surface area (TPSA) is 91.0 Å². The summed E-state index contributed by atoms with van der Waals surface area (Å²) in [4.78, 5) is 40.4. The molecule has 0 spiro atoms. The van der Waals surface area contributed by atoms with Gasteiger partial charge in [-0.1, -0.05) is 0 Å². The predicted octanol–water partition coefficient (Wildman–Crippen LogP) is 0.0400. The Labute approximate surface area is 162 Å². The van der Waals surface area contributed by atoms with E-state index in [2.05, 4.69) is 15.5 Å². The van der Waals surface area contributed by atoms with Crippen LogP contribution in [0.4, 0.5) is 5.69 Å². The Morgan fingerprint density at radius 2 is 2.00 bits per heavy atom. The van der Waals surface area contributed by atoms with Crippen molar-refractivity contribution in [2.45, 2.75) is 31.5 Å². The summed E-state index contributed by atoms with van der Waals surface area (Å²) in [5.74, 6) is -0.0626. The summed E-state index contributed by atoms with van der Waals surface area (Å²) in [5.41, 5.74) is 2.48. The lowest BCUT2D eigenvalue weighted by molar-refractivity contribution is -0.136. The van der Waals surface area contributed by atoms with Gasteiger partial charge >= 0.3 is 0 Å². The zero-order valence-electron chi connectivity index (χ0n) is 14.7. The van der Waals surface area contributed by atoms with Crippen molar-refractivity contribution < 1.29 is 19.1 Å². The van der Waals surface area contributed by atoms with Crippen molar-refractivity contribution in [1.82, 2.24) is 15.5 Å². The van der Waals surface area contributed by atoms with E-state index in [1.165, 1.54) is 0 Å². The normalized spacial score (nSPS) is 26.4. The zero-order chi connectivity index (χ0) is 17.8. The van der Waals surface area contributed by atoms with Crippen molar-refractivity contribution in [2.24, 2.45) is 0 Å². The fourth-order valence-corrected chi connectivity index (χ4v) is 4.39. The molecule has 4 heterocycles. The quantitative estimate of drug-likeness (QED) is 0.656. The molecule has 0 radical (unpaired) electrons. The summed E-state index contributed by atoms with van der Waals surface area (Å²) < 4.78 is 6.05. The van der Waals surface area contributed by atoms with E-state index in [1.54, 1.807) is 4.90 Å². The van der Waals surface area contributed by atoms with Crippen molar-refractivity contribution in [3.8, 4) is 5.75 Å². The number of carbonyl (C=O) groups is 3. The van der Waals surface area contributed by atoms with Crippen LogP contribution in [0.15, 0.2) is 12.1 Å². The number of rotatable bonds is 1. The molecule has 0 unspecified atom stereocenters. The number of hydrogen-bond donors (Lipinski definition) is 2. The first kappa shape index (κ1) is 18.1. The number of halogens is 1. The van der Waals surface area contributed by atoms with Gasteiger partial charge in [0.15, 0.2) is 0 Å². The van der Waals surface area contributed by atoms with Crippen LogP contribution >= 0.6 is 12.4 Å². The standard InChI is InChI=1S/C18H20N4O4.ClH/c23-15-4-3-14(17(24)20-15)22-8-12-11(18(22)25)1-2-13-16(12)26-9-10-7-19-5-6-21(10)13;/h1-2,10,14,19H,3-9H2,(H,20,23,24);1H/t10-,14+;/m1./s1. The van der Waals surface area contributed by atoms with Crippen molar-refractivity contribution in [1.29, 1.82) is 0 Å². The van der Waals surface area contributed by atoms with Crippen LogP contribution in [0.25, 0.3) is 0 Å². The maximum atomic E-state index is 12.9. The average molecular weight is 393 g/mol. The van der Waals surface area contributed by atoms with E-state index in [4.69, 9.17) is 4.74 Å². The highest BCUT2D eigenvalue weighted by atomic mass is 35.5. The Kier molecular flexibility index (Phi) is 4.47. The second-order valence-electron chi connectivity index (χ2n) is 7.20. The number of carbonyl (C=O) groups excluding carboxylic acids is 3. The van der Waals surface area contributed by atoms with E-state index in [1.807, 2.05) is 12.1 Å². The van der Waals surface area contributed by atoms with Crippen LogP contribution in [-0.2, 0) is 16.1 Å². The van der Waals surface area contributed by atoms with Gasteiger partial charge in [0.25, 0.3) is 5.91 Å². The number of imide groups is 1. The first-order chi connectivity index (χ1) is 12.6. The van der Waals surface area contributed by atoms with E-state index in [0.717, 1.165) is 36.6 Å². The number of benzene rings is 1. The first-order valence-corrected chi connectivity index (χ1v) is 9.04. The minimum absolute atomic E-state index is 0. The molecule has 2 atom stereocenters. The molecule has 0 aromatic heterocycles. The van der Waals surface area contributed by atoms with Crippen LogP contribution in [0.1, 0.15) is 28.8 Å². The van der Waals surface area contributed by atoms with Crippen molar-refractivity contribution in [3.05, 3.63) is 23.3 Å². The number of amides is 3. The molecule has 4 aliphatic rings. The molecule has 1 aromatic carbocycles. The van der Waals surface area contributed by atoms with Crippen molar-refractivity contribution >= 4 is 35.8 Å². The second kappa shape index (κ2) is 6.69. The van der Waals surface area contributed by atoms with Gasteiger partial charge in [-0.25, -0.2) is 0 Å². The molecule has 27 heavy (non-hydrogen) atoms. The molecule has 5 rings (SSSR count). The van der Waals surface area contributed by atoms with E-state index in [-0.39, 0.29) is 36.5 Å². The fraction of sp³-hybridized carbons (Fsp3) is 0.500. The molecule has 2 fully saturated rings. The van der Waals surface area contributed by atoms with Gasteiger partial charge in [-0.3, -0.25) is 19.7 Å². The Balaban J connectivity index is 0.00000180. The molecule has 8 nitrogen and oxygen atoms in total. The first-order valence-electron chi connectivity index (χ1n) is 9.04. The third-order valence-corrected chi connectivity index (χ3v) is 5.73. The lowest BCUT2D eigenvalue weighted by atomic mass is 10.0. The molecule has 144 valence electrons. The number of nitrogens with zero attached hydrogens (tertiary/aromatic N) is 2. The summed E-state index contributed by atoms with van der Waals surface area (Å²) in [5, 5.41) is 5.71. The summed E-state index contributed by atoms with van der Waals surface area (Å²) in [6, 6.07) is 3.50. The number of piperidine rings is 1. The summed E-state index contributed by atoms with van der Waals surface area (Å²) in [7, 11) is 0. The molecule has 1 aromatic rings. The molecule has 3 amide bonds. The molecular weight excluding hydrogens is 372 g/mol. The van der Waals surface area contributed by atoms with Gasteiger partial charge in [0.05, 0.1) is 18.3 Å². The molecule has 0 aliphatic carbocycles. The Hall–Kier alpha value is -2.32. The largest absolute Gasteiger partial charge is 0.489 e. The van der Waals surface area contributed by atoms with Crippen LogP contribution in [0.5, 0.6) is 5.75 Å². The number of ether oxygens (including phenoxy) is 1. The maximum Gasteiger partial charge on any atom is 0.255 e. The number of nitrogens with one attached hydrogen (secondary N) is 2. The van der Waals surface area contributed by atoms with Crippen molar-refractivity contribution in [3.63, 3.8) is 0 Å². The number of piperazine rings is 1. The van der Waals surface area contributed by atoms with Crippen LogP contribution in [0.3, 0.4) is 0 Å². The SMILES string of the molecule is Cl.O=C1CC[C@H](N2Cc3c(ccc4c3OC[C@H]3CNCCN43)C2=O)C(=O)N1. The van der Waals surface area contributed by atoms with Gasteiger partial charge in [0.2, 0.25) is 11.8 Å². The molecule has 2 N–H and O–H groups in total. The number of fused-ring (bicyclic) bond motifs is 5. The van der Waals surface area contributed by atoms with Gasteiger partial charge in [0, 0.05) is 37.2 Å². The molecule has 4 aliphatic heterocycles. The van der Waals surface area contributed by atoms with E-state index < -0.39 is 6.04 Å². The highest BCUT2D eigenvalue weighted by Gasteiger charge is 2.42. The summed E-state index contributed by atoms with van der Waals surface area (Å²) >= 11 is 0. The third-order valence-electron chi connectivity index (χ3n) is 5.73. The van der Waals surface area contributed by atoms with Gasteiger partial charge in [-0.05, 0) is 18.6 Å². The molecular formula is C18H21ClN4O4. The summed E-state index contributed by atoms with van der Waals surface area (Å²) in [6.07, 6.45) is 0.626. The van der Waals surface area contributed by atoms with Crippen LogP contribution in [-0.4, -0.2) is 60.9 Å². The minimum atomic E-state index is -0.598. The Morgan fingerprint density at radius 1 is 1.15 bits per heavy atom. The van der Waals surface area contributed by atoms with Crippen LogP contribution in [0.2, 0.25) is 0 Å². The molecule has 0 saturated carbocycles. The number of anilines is 1. The maximum absolute atomic E-state index is 12.9. The second-order valence-corrected chi connectivity index (χ2v) is 7.20. The van der Waals surface area contributed by atoms with E-state index in [9.17, 15) is 14.4 Å². The van der Waals surface area contributed by atoms with Gasteiger partial charge in [-0.2, -0.15) is 0 Å². The van der Waals surface area contributed by atoms with Gasteiger partial charge in [0.1, 0.15) is 18.4 Å². The molecule has 0 bridgehead atoms. The average Bonchev–Trinajstić information content (AvgIpc) is 2.98. The minimum Gasteiger partial charge on any atom is -0.489 e. The Bertz CT molecular complexity index is 830. The number of hydrogen-bond acceptors (Lipinski definition) is 6. The predicted molar refractivity (Wildman–Crippen MR) is 99.2 cm³/mol. The monoisotopic (exact) mass is 392 g/mol. The summed E-state index contributed by atoms with van der Waals surface area (Å²) in [6.45, 7) is 3.65. The smallest absolute Gasteiger partial charge is 0.255 e. The zero-order valence-corrected chi connectivity index (χ0v) is 15.5. The Morgan fingerprint density at radius 3 is 2.81 bits per heavy atom. The molecule has 9 heteroatoms.